The number of ether oxygens (including phenoxy) is 1. The number of aromatic nitrogens is 3. The standard InChI is InChI=1S/C14H18N4O2/c1-17-9-16-12-10(17)6-7-15-13(12)18-8-4-3-5-11(18)14(19)20-2/h6-7,9,11H,3-5,8H2,1-2H3. The third-order valence-corrected chi connectivity index (χ3v) is 3.87. The Kier molecular flexibility index (Phi) is 3.30. The number of aryl methyl sites for hydroxylation is 1. The molecule has 0 aromatic carbocycles. The van der Waals surface area contributed by atoms with E-state index < -0.39 is 0 Å². The van der Waals surface area contributed by atoms with Gasteiger partial charge < -0.3 is 14.2 Å². The second-order valence-corrected chi connectivity index (χ2v) is 5.09. The van der Waals surface area contributed by atoms with E-state index in [1.807, 2.05) is 22.6 Å². The van der Waals surface area contributed by atoms with Crippen LogP contribution in [0.15, 0.2) is 18.6 Å². The second kappa shape index (κ2) is 5.11. The average Bonchev–Trinajstić information content (AvgIpc) is 2.88. The number of esters is 1. The molecule has 1 fully saturated rings. The zero-order valence-corrected chi connectivity index (χ0v) is 11.7. The first-order chi connectivity index (χ1) is 9.72. The molecule has 1 aliphatic rings. The third kappa shape index (κ3) is 2.01. The van der Waals surface area contributed by atoms with Gasteiger partial charge >= 0.3 is 5.97 Å². The van der Waals surface area contributed by atoms with Crippen molar-refractivity contribution < 1.29 is 9.53 Å². The number of piperidine rings is 1. The number of anilines is 1. The topological polar surface area (TPSA) is 60.2 Å². The van der Waals surface area contributed by atoms with Crippen LogP contribution in [0.1, 0.15) is 19.3 Å². The lowest BCUT2D eigenvalue weighted by atomic mass is 10.0. The van der Waals surface area contributed by atoms with Crippen molar-refractivity contribution in [3.63, 3.8) is 0 Å². The van der Waals surface area contributed by atoms with Gasteiger partial charge in [-0.15, -0.1) is 0 Å². The number of pyridine rings is 1. The molecule has 0 amide bonds. The smallest absolute Gasteiger partial charge is 0.328 e. The molecule has 3 heterocycles. The van der Waals surface area contributed by atoms with Crippen LogP contribution < -0.4 is 4.90 Å². The van der Waals surface area contributed by atoms with Gasteiger partial charge in [0.15, 0.2) is 5.82 Å². The zero-order chi connectivity index (χ0) is 14.1. The number of hydrogen-bond acceptors (Lipinski definition) is 5. The highest BCUT2D eigenvalue weighted by Gasteiger charge is 2.31. The SMILES string of the molecule is COC(=O)C1CCCCN1c1nccc2c1ncn2C. The summed E-state index contributed by atoms with van der Waals surface area (Å²) >= 11 is 0. The minimum absolute atomic E-state index is 0.195. The number of methoxy groups -OCH3 is 1. The van der Waals surface area contributed by atoms with E-state index in [-0.39, 0.29) is 12.0 Å². The second-order valence-electron chi connectivity index (χ2n) is 5.09. The number of hydrogen-bond donors (Lipinski definition) is 0. The van der Waals surface area contributed by atoms with Crippen molar-refractivity contribution in [2.24, 2.45) is 7.05 Å². The van der Waals surface area contributed by atoms with Crippen LogP contribution in [-0.4, -0.2) is 40.2 Å². The van der Waals surface area contributed by atoms with Crippen molar-refractivity contribution in [1.29, 1.82) is 0 Å². The molecule has 0 aliphatic carbocycles. The van der Waals surface area contributed by atoms with E-state index in [4.69, 9.17) is 4.74 Å². The Morgan fingerprint density at radius 3 is 3.05 bits per heavy atom. The molecular weight excluding hydrogens is 256 g/mol. The summed E-state index contributed by atoms with van der Waals surface area (Å²) in [4.78, 5) is 22.9. The summed E-state index contributed by atoms with van der Waals surface area (Å²) in [5.74, 6) is 0.581. The zero-order valence-electron chi connectivity index (χ0n) is 11.7. The quantitative estimate of drug-likeness (QED) is 0.777. The van der Waals surface area contributed by atoms with Gasteiger partial charge in [0.05, 0.1) is 19.0 Å². The first-order valence-corrected chi connectivity index (χ1v) is 6.83. The van der Waals surface area contributed by atoms with Gasteiger partial charge in [0, 0.05) is 19.8 Å². The fraction of sp³-hybridized carbons (Fsp3) is 0.500. The highest BCUT2D eigenvalue weighted by molar-refractivity contribution is 5.89. The van der Waals surface area contributed by atoms with Gasteiger partial charge in [0.1, 0.15) is 11.6 Å². The number of carbonyl (C=O) groups excluding carboxylic acids is 1. The molecule has 2 aromatic heterocycles. The van der Waals surface area contributed by atoms with Gasteiger partial charge in [-0.05, 0) is 25.3 Å². The minimum atomic E-state index is -0.256. The van der Waals surface area contributed by atoms with Crippen molar-refractivity contribution in [3.8, 4) is 0 Å². The predicted octanol–water partition coefficient (Wildman–Crippen LogP) is 1.50. The minimum Gasteiger partial charge on any atom is -0.467 e. The first kappa shape index (κ1) is 12.9. The molecule has 106 valence electrons. The molecule has 0 N–H and O–H groups in total. The van der Waals surface area contributed by atoms with E-state index in [0.29, 0.717) is 0 Å². The molecule has 1 atom stereocenters. The maximum Gasteiger partial charge on any atom is 0.328 e. The Morgan fingerprint density at radius 1 is 1.40 bits per heavy atom. The normalized spacial score (nSPS) is 19.3. The van der Waals surface area contributed by atoms with Crippen LogP contribution in [0.3, 0.4) is 0 Å². The van der Waals surface area contributed by atoms with Crippen LogP contribution >= 0.6 is 0 Å². The summed E-state index contributed by atoms with van der Waals surface area (Å²) < 4.78 is 6.88. The van der Waals surface area contributed by atoms with Crippen LogP contribution in [-0.2, 0) is 16.6 Å². The van der Waals surface area contributed by atoms with Crippen LogP contribution in [0.4, 0.5) is 5.82 Å². The van der Waals surface area contributed by atoms with Gasteiger partial charge in [-0.1, -0.05) is 0 Å². The van der Waals surface area contributed by atoms with Crippen LogP contribution in [0, 0.1) is 0 Å². The molecule has 0 saturated carbocycles. The molecule has 2 aromatic rings. The molecule has 0 spiro atoms. The van der Waals surface area contributed by atoms with E-state index in [1.165, 1.54) is 7.11 Å². The van der Waals surface area contributed by atoms with Crippen molar-refractivity contribution >= 4 is 22.8 Å². The Labute approximate surface area is 117 Å². The van der Waals surface area contributed by atoms with Crippen molar-refractivity contribution in [2.45, 2.75) is 25.3 Å². The average molecular weight is 274 g/mol. The number of carbonyl (C=O) groups is 1. The fourth-order valence-corrected chi connectivity index (χ4v) is 2.82. The third-order valence-electron chi connectivity index (χ3n) is 3.87. The van der Waals surface area contributed by atoms with Crippen LogP contribution in [0.25, 0.3) is 11.0 Å². The summed E-state index contributed by atoms with van der Waals surface area (Å²) in [7, 11) is 3.39. The molecule has 1 aliphatic heterocycles. The van der Waals surface area contributed by atoms with E-state index >= 15 is 0 Å². The Balaban J connectivity index is 2.05. The maximum absolute atomic E-state index is 12.0. The van der Waals surface area contributed by atoms with Crippen LogP contribution in [0.5, 0.6) is 0 Å². The maximum atomic E-state index is 12.0. The van der Waals surface area contributed by atoms with Gasteiger partial charge in [-0.2, -0.15) is 0 Å². The highest BCUT2D eigenvalue weighted by Crippen LogP contribution is 2.29. The molecule has 20 heavy (non-hydrogen) atoms. The number of fused-ring (bicyclic) bond motifs is 1. The number of rotatable bonds is 2. The largest absolute Gasteiger partial charge is 0.467 e. The lowest BCUT2D eigenvalue weighted by Gasteiger charge is -2.34. The Morgan fingerprint density at radius 2 is 2.25 bits per heavy atom. The van der Waals surface area contributed by atoms with Crippen molar-refractivity contribution in [3.05, 3.63) is 18.6 Å². The lowest BCUT2D eigenvalue weighted by Crippen LogP contribution is -2.45. The van der Waals surface area contributed by atoms with Gasteiger partial charge in [0.2, 0.25) is 0 Å². The molecule has 6 nitrogen and oxygen atoms in total. The van der Waals surface area contributed by atoms with Gasteiger partial charge in [-0.3, -0.25) is 0 Å². The Hall–Kier alpha value is -2.11. The van der Waals surface area contributed by atoms with E-state index in [1.54, 1.807) is 12.5 Å². The Bertz CT molecular complexity index is 637. The van der Waals surface area contributed by atoms with Gasteiger partial charge in [0.25, 0.3) is 0 Å². The summed E-state index contributed by atoms with van der Waals surface area (Å²) in [5, 5.41) is 0. The summed E-state index contributed by atoms with van der Waals surface area (Å²) in [6, 6.07) is 1.68. The van der Waals surface area contributed by atoms with Crippen molar-refractivity contribution in [1.82, 2.24) is 14.5 Å². The van der Waals surface area contributed by atoms with Crippen LogP contribution in [0.2, 0.25) is 0 Å². The predicted molar refractivity (Wildman–Crippen MR) is 75.5 cm³/mol. The molecule has 1 saturated heterocycles. The molecule has 6 heteroatoms. The molecule has 0 bridgehead atoms. The molecular formula is C14H18N4O2. The summed E-state index contributed by atoms with van der Waals surface area (Å²) in [6.07, 6.45) is 6.43. The molecule has 0 radical (unpaired) electrons. The monoisotopic (exact) mass is 274 g/mol. The number of imidazole rings is 1. The van der Waals surface area contributed by atoms with E-state index in [2.05, 4.69) is 9.97 Å². The van der Waals surface area contributed by atoms with Gasteiger partial charge in [-0.25, -0.2) is 14.8 Å². The van der Waals surface area contributed by atoms with Crippen molar-refractivity contribution in [2.75, 3.05) is 18.6 Å². The van der Waals surface area contributed by atoms with E-state index in [9.17, 15) is 4.79 Å². The summed E-state index contributed by atoms with van der Waals surface area (Å²) in [5.41, 5.74) is 1.86. The molecule has 3 rings (SSSR count). The highest BCUT2D eigenvalue weighted by atomic mass is 16.5. The number of nitrogens with zero attached hydrogens (tertiary/aromatic N) is 4. The lowest BCUT2D eigenvalue weighted by molar-refractivity contribution is -0.142. The fourth-order valence-electron chi connectivity index (χ4n) is 2.82. The first-order valence-electron chi connectivity index (χ1n) is 6.83. The molecule has 1 unspecified atom stereocenters. The summed E-state index contributed by atoms with van der Waals surface area (Å²) in [6.45, 7) is 0.808. The van der Waals surface area contributed by atoms with E-state index in [0.717, 1.165) is 42.7 Å².